The first-order valence-corrected chi connectivity index (χ1v) is 8.86. The number of amides is 2. The Morgan fingerprint density at radius 2 is 2.08 bits per heavy atom. The highest BCUT2D eigenvalue weighted by molar-refractivity contribution is 6.01. The number of carbonyl (C=O) groups is 2. The second-order valence-corrected chi connectivity index (χ2v) is 7.07. The molecule has 2 atom stereocenters. The Balaban J connectivity index is 0.00000338. The van der Waals surface area contributed by atoms with Gasteiger partial charge in [-0.3, -0.25) is 9.59 Å². The molecule has 0 aromatic heterocycles. The van der Waals surface area contributed by atoms with E-state index in [1.807, 2.05) is 52.0 Å². The summed E-state index contributed by atoms with van der Waals surface area (Å²) in [5.74, 6) is 0.297. The van der Waals surface area contributed by atoms with Gasteiger partial charge < -0.3 is 20.7 Å². The molecule has 1 aromatic rings. The molecule has 0 spiro atoms. The van der Waals surface area contributed by atoms with Crippen LogP contribution in [0, 0.1) is 11.8 Å². The van der Waals surface area contributed by atoms with E-state index in [0.717, 1.165) is 5.69 Å². The number of carbonyl (C=O) groups excluding carboxylic acids is 2. The SMILES string of the molecule is CCOc1ccccc1N1CC(C(=O)NC(C)(CN)C(C)C)CC1=O.Cl. The summed E-state index contributed by atoms with van der Waals surface area (Å²) in [6.07, 6.45) is 0.199. The number of para-hydroxylation sites is 2. The minimum absolute atomic E-state index is 0. The number of nitrogens with two attached hydrogens (primary N) is 1. The van der Waals surface area contributed by atoms with Crippen LogP contribution in [0.4, 0.5) is 5.69 Å². The largest absolute Gasteiger partial charge is 0.492 e. The zero-order chi connectivity index (χ0) is 18.6. The minimum Gasteiger partial charge on any atom is -0.492 e. The molecule has 0 radical (unpaired) electrons. The van der Waals surface area contributed by atoms with Gasteiger partial charge in [-0.1, -0.05) is 26.0 Å². The molecule has 1 fully saturated rings. The van der Waals surface area contributed by atoms with E-state index in [0.29, 0.717) is 25.4 Å². The molecule has 2 rings (SSSR count). The zero-order valence-electron chi connectivity index (χ0n) is 16.0. The van der Waals surface area contributed by atoms with Crippen LogP contribution < -0.4 is 20.7 Å². The number of anilines is 1. The van der Waals surface area contributed by atoms with E-state index in [-0.39, 0.29) is 42.5 Å². The standard InChI is InChI=1S/C19H29N3O3.ClH/c1-5-25-16-9-7-6-8-15(16)22-11-14(10-17(22)23)18(24)21-19(4,12-20)13(2)3;/h6-9,13-14H,5,10-12,20H2,1-4H3,(H,21,24);1H. The molecule has 2 amide bonds. The number of hydrogen-bond donors (Lipinski definition) is 2. The predicted octanol–water partition coefficient (Wildman–Crippen LogP) is 2.35. The number of benzene rings is 1. The lowest BCUT2D eigenvalue weighted by molar-refractivity contribution is -0.128. The van der Waals surface area contributed by atoms with Gasteiger partial charge in [0.2, 0.25) is 11.8 Å². The molecule has 3 N–H and O–H groups in total. The maximum absolute atomic E-state index is 12.7. The summed E-state index contributed by atoms with van der Waals surface area (Å²) in [5, 5.41) is 3.04. The van der Waals surface area contributed by atoms with Gasteiger partial charge in [0.15, 0.2) is 0 Å². The molecule has 0 aliphatic carbocycles. The fourth-order valence-corrected chi connectivity index (χ4v) is 2.89. The van der Waals surface area contributed by atoms with E-state index < -0.39 is 5.54 Å². The molecule has 2 unspecified atom stereocenters. The van der Waals surface area contributed by atoms with E-state index in [9.17, 15) is 9.59 Å². The van der Waals surface area contributed by atoms with E-state index in [1.54, 1.807) is 4.90 Å². The van der Waals surface area contributed by atoms with Crippen LogP contribution >= 0.6 is 12.4 Å². The summed E-state index contributed by atoms with van der Waals surface area (Å²) >= 11 is 0. The lowest BCUT2D eigenvalue weighted by atomic mass is 9.87. The Morgan fingerprint density at radius 1 is 1.42 bits per heavy atom. The Kier molecular flexibility index (Phi) is 7.90. The average Bonchev–Trinajstić information content (AvgIpc) is 2.97. The van der Waals surface area contributed by atoms with E-state index in [1.165, 1.54) is 0 Å². The summed E-state index contributed by atoms with van der Waals surface area (Å²) in [6, 6.07) is 7.42. The molecular formula is C19H30ClN3O3. The third-order valence-electron chi connectivity index (χ3n) is 5.06. The quantitative estimate of drug-likeness (QED) is 0.756. The van der Waals surface area contributed by atoms with Crippen LogP contribution in [0.15, 0.2) is 24.3 Å². The lowest BCUT2D eigenvalue weighted by Crippen LogP contribution is -2.56. The van der Waals surface area contributed by atoms with Crippen molar-refractivity contribution in [1.82, 2.24) is 5.32 Å². The molecule has 6 nitrogen and oxygen atoms in total. The van der Waals surface area contributed by atoms with Gasteiger partial charge in [0, 0.05) is 19.5 Å². The molecule has 0 bridgehead atoms. The van der Waals surface area contributed by atoms with Crippen molar-refractivity contribution in [2.24, 2.45) is 17.6 Å². The minimum atomic E-state index is -0.475. The van der Waals surface area contributed by atoms with Gasteiger partial charge in [-0.25, -0.2) is 0 Å². The van der Waals surface area contributed by atoms with E-state index in [2.05, 4.69) is 5.32 Å². The third kappa shape index (κ3) is 4.68. The van der Waals surface area contributed by atoms with Gasteiger partial charge in [-0.15, -0.1) is 12.4 Å². The third-order valence-corrected chi connectivity index (χ3v) is 5.06. The summed E-state index contributed by atoms with van der Waals surface area (Å²) in [4.78, 5) is 26.8. The van der Waals surface area contributed by atoms with Crippen molar-refractivity contribution >= 4 is 29.9 Å². The highest BCUT2D eigenvalue weighted by atomic mass is 35.5. The van der Waals surface area contributed by atoms with Gasteiger partial charge in [0.25, 0.3) is 0 Å². The van der Waals surface area contributed by atoms with Crippen molar-refractivity contribution in [2.75, 3.05) is 24.6 Å². The van der Waals surface area contributed by atoms with Crippen molar-refractivity contribution in [3.8, 4) is 5.75 Å². The van der Waals surface area contributed by atoms with Crippen LogP contribution in [-0.4, -0.2) is 37.0 Å². The van der Waals surface area contributed by atoms with Crippen molar-refractivity contribution in [1.29, 1.82) is 0 Å². The van der Waals surface area contributed by atoms with Crippen molar-refractivity contribution in [2.45, 2.75) is 39.7 Å². The van der Waals surface area contributed by atoms with Crippen LogP contribution in [0.3, 0.4) is 0 Å². The Hall–Kier alpha value is -1.79. The van der Waals surface area contributed by atoms with Crippen LogP contribution in [0.25, 0.3) is 0 Å². The molecule has 0 saturated carbocycles. The summed E-state index contributed by atoms with van der Waals surface area (Å²) < 4.78 is 5.61. The lowest BCUT2D eigenvalue weighted by Gasteiger charge is -2.34. The molecule has 1 heterocycles. The Labute approximate surface area is 161 Å². The van der Waals surface area contributed by atoms with Gasteiger partial charge in [0.05, 0.1) is 23.8 Å². The number of ether oxygens (including phenoxy) is 1. The van der Waals surface area contributed by atoms with Gasteiger partial charge in [-0.2, -0.15) is 0 Å². The fourth-order valence-electron chi connectivity index (χ4n) is 2.89. The molecule has 1 aliphatic heterocycles. The first-order chi connectivity index (χ1) is 11.8. The first kappa shape index (κ1) is 22.3. The summed E-state index contributed by atoms with van der Waals surface area (Å²) in [5.41, 5.74) is 6.09. The van der Waals surface area contributed by atoms with Gasteiger partial charge in [-0.05, 0) is 31.9 Å². The molecule has 1 saturated heterocycles. The van der Waals surface area contributed by atoms with Gasteiger partial charge in [0.1, 0.15) is 5.75 Å². The maximum atomic E-state index is 12.7. The molecule has 26 heavy (non-hydrogen) atoms. The normalized spacial score (nSPS) is 19.1. The predicted molar refractivity (Wildman–Crippen MR) is 106 cm³/mol. The van der Waals surface area contributed by atoms with Crippen LogP contribution in [0.1, 0.15) is 34.1 Å². The molecule has 7 heteroatoms. The second kappa shape index (κ2) is 9.24. The summed E-state index contributed by atoms with van der Waals surface area (Å²) in [6.45, 7) is 9.12. The van der Waals surface area contributed by atoms with Crippen molar-refractivity contribution in [3.05, 3.63) is 24.3 Å². The van der Waals surface area contributed by atoms with Crippen LogP contribution in [0.5, 0.6) is 5.75 Å². The topological polar surface area (TPSA) is 84.7 Å². The Morgan fingerprint density at radius 3 is 2.65 bits per heavy atom. The maximum Gasteiger partial charge on any atom is 0.227 e. The highest BCUT2D eigenvalue weighted by Crippen LogP contribution is 2.33. The van der Waals surface area contributed by atoms with E-state index in [4.69, 9.17) is 10.5 Å². The smallest absolute Gasteiger partial charge is 0.227 e. The molecular weight excluding hydrogens is 354 g/mol. The number of halogens is 1. The summed E-state index contributed by atoms with van der Waals surface area (Å²) in [7, 11) is 0. The molecule has 1 aromatic carbocycles. The number of nitrogens with one attached hydrogen (secondary N) is 1. The van der Waals surface area contributed by atoms with Crippen molar-refractivity contribution < 1.29 is 14.3 Å². The fraction of sp³-hybridized carbons (Fsp3) is 0.579. The van der Waals surface area contributed by atoms with Crippen LogP contribution in [-0.2, 0) is 9.59 Å². The number of nitrogens with zero attached hydrogens (tertiary/aromatic N) is 1. The monoisotopic (exact) mass is 383 g/mol. The second-order valence-electron chi connectivity index (χ2n) is 7.07. The zero-order valence-corrected chi connectivity index (χ0v) is 16.8. The van der Waals surface area contributed by atoms with E-state index >= 15 is 0 Å². The molecule has 1 aliphatic rings. The van der Waals surface area contributed by atoms with Crippen molar-refractivity contribution in [3.63, 3.8) is 0 Å². The number of hydrogen-bond acceptors (Lipinski definition) is 4. The number of rotatable bonds is 7. The first-order valence-electron chi connectivity index (χ1n) is 8.86. The van der Waals surface area contributed by atoms with Gasteiger partial charge >= 0.3 is 0 Å². The van der Waals surface area contributed by atoms with Crippen LogP contribution in [0.2, 0.25) is 0 Å². The highest BCUT2D eigenvalue weighted by Gasteiger charge is 2.39. The molecule has 146 valence electrons. The average molecular weight is 384 g/mol. The Bertz CT molecular complexity index is 638.